The molecule has 0 unspecified atom stereocenters. The molecule has 5 heteroatoms. The molecule has 0 aliphatic heterocycles. The standard InChI is InChI=1S/C17H20N4O/c1-17(5-6-17)13-9-14(20-16(22)11-3-4-11)19-10-12(13)15-18-7-8-21(15)2/h7-11H,3-6H2,1-2H3,(H,19,20,22). The van der Waals surface area contributed by atoms with E-state index in [-0.39, 0.29) is 17.2 Å². The fourth-order valence-electron chi connectivity index (χ4n) is 2.86. The Balaban J connectivity index is 1.73. The molecule has 2 aromatic rings. The molecule has 2 aromatic heterocycles. The summed E-state index contributed by atoms with van der Waals surface area (Å²) in [6.45, 7) is 2.27. The summed E-state index contributed by atoms with van der Waals surface area (Å²) in [5, 5.41) is 2.95. The van der Waals surface area contributed by atoms with Crippen LogP contribution in [0.4, 0.5) is 5.82 Å². The normalized spacial score (nSPS) is 19.0. The van der Waals surface area contributed by atoms with Gasteiger partial charge in [0.15, 0.2) is 0 Å². The maximum atomic E-state index is 12.0. The lowest BCUT2D eigenvalue weighted by atomic mass is 9.94. The van der Waals surface area contributed by atoms with Gasteiger partial charge in [-0.05, 0) is 42.7 Å². The van der Waals surface area contributed by atoms with Gasteiger partial charge in [-0.3, -0.25) is 4.79 Å². The van der Waals surface area contributed by atoms with Gasteiger partial charge in [-0.15, -0.1) is 0 Å². The van der Waals surface area contributed by atoms with Crippen molar-refractivity contribution < 1.29 is 4.79 Å². The summed E-state index contributed by atoms with van der Waals surface area (Å²) in [4.78, 5) is 20.8. The van der Waals surface area contributed by atoms with E-state index in [0.717, 1.165) is 24.2 Å². The molecule has 0 spiro atoms. The summed E-state index contributed by atoms with van der Waals surface area (Å²) < 4.78 is 2.01. The minimum atomic E-state index is 0.101. The average molecular weight is 296 g/mol. The highest BCUT2D eigenvalue weighted by Crippen LogP contribution is 2.50. The Labute approximate surface area is 129 Å². The van der Waals surface area contributed by atoms with E-state index in [1.807, 2.05) is 30.1 Å². The summed E-state index contributed by atoms with van der Waals surface area (Å²) in [5.74, 6) is 1.88. The molecule has 0 bridgehead atoms. The molecular formula is C17H20N4O. The van der Waals surface area contributed by atoms with Gasteiger partial charge in [0, 0.05) is 37.1 Å². The highest BCUT2D eigenvalue weighted by atomic mass is 16.2. The van der Waals surface area contributed by atoms with Gasteiger partial charge in [-0.25, -0.2) is 9.97 Å². The van der Waals surface area contributed by atoms with E-state index in [2.05, 4.69) is 22.2 Å². The molecule has 0 radical (unpaired) electrons. The van der Waals surface area contributed by atoms with E-state index < -0.39 is 0 Å². The van der Waals surface area contributed by atoms with Crippen molar-refractivity contribution >= 4 is 11.7 Å². The van der Waals surface area contributed by atoms with E-state index >= 15 is 0 Å². The van der Waals surface area contributed by atoms with Crippen LogP contribution in [0.2, 0.25) is 0 Å². The number of nitrogens with one attached hydrogen (secondary N) is 1. The summed E-state index contributed by atoms with van der Waals surface area (Å²) in [5.41, 5.74) is 2.49. The van der Waals surface area contributed by atoms with Gasteiger partial charge in [0.1, 0.15) is 11.6 Å². The Bertz CT molecular complexity index is 741. The largest absolute Gasteiger partial charge is 0.334 e. The number of nitrogens with zero attached hydrogens (tertiary/aromatic N) is 3. The fraction of sp³-hybridized carbons (Fsp3) is 0.471. The topological polar surface area (TPSA) is 59.8 Å². The molecule has 2 fully saturated rings. The Hall–Kier alpha value is -2.17. The molecule has 114 valence electrons. The number of hydrogen-bond acceptors (Lipinski definition) is 3. The maximum Gasteiger partial charge on any atom is 0.228 e. The Kier molecular flexibility index (Phi) is 2.86. The third-order valence-corrected chi connectivity index (χ3v) is 4.82. The fourth-order valence-corrected chi connectivity index (χ4v) is 2.86. The summed E-state index contributed by atoms with van der Waals surface area (Å²) in [6.07, 6.45) is 9.94. The van der Waals surface area contributed by atoms with E-state index in [0.29, 0.717) is 5.82 Å². The minimum absolute atomic E-state index is 0.101. The van der Waals surface area contributed by atoms with Crippen LogP contribution in [0.15, 0.2) is 24.7 Å². The zero-order valence-corrected chi connectivity index (χ0v) is 13.0. The third kappa shape index (κ3) is 2.30. The van der Waals surface area contributed by atoms with Crippen LogP contribution in [0.5, 0.6) is 0 Å². The minimum Gasteiger partial charge on any atom is -0.334 e. The second-order valence-electron chi connectivity index (χ2n) is 6.80. The lowest BCUT2D eigenvalue weighted by Crippen LogP contribution is -2.15. The monoisotopic (exact) mass is 296 g/mol. The molecule has 0 saturated heterocycles. The van der Waals surface area contributed by atoms with Crippen molar-refractivity contribution in [2.45, 2.75) is 38.0 Å². The maximum absolute atomic E-state index is 12.0. The van der Waals surface area contributed by atoms with Crippen molar-refractivity contribution in [3.05, 3.63) is 30.2 Å². The first-order valence-corrected chi connectivity index (χ1v) is 7.86. The quantitative estimate of drug-likeness (QED) is 0.943. The van der Waals surface area contributed by atoms with Crippen LogP contribution in [0.25, 0.3) is 11.4 Å². The second kappa shape index (κ2) is 4.66. The number of imidazole rings is 1. The Morgan fingerprint density at radius 2 is 2.14 bits per heavy atom. The molecule has 1 N–H and O–H groups in total. The van der Waals surface area contributed by atoms with Gasteiger partial charge in [0.25, 0.3) is 0 Å². The Morgan fingerprint density at radius 3 is 2.73 bits per heavy atom. The van der Waals surface area contributed by atoms with Crippen molar-refractivity contribution in [1.29, 1.82) is 0 Å². The number of aryl methyl sites for hydroxylation is 1. The van der Waals surface area contributed by atoms with Crippen LogP contribution in [0, 0.1) is 5.92 Å². The zero-order chi connectivity index (χ0) is 15.3. The van der Waals surface area contributed by atoms with Crippen molar-refractivity contribution in [1.82, 2.24) is 14.5 Å². The van der Waals surface area contributed by atoms with Crippen LogP contribution in [-0.2, 0) is 17.3 Å². The lowest BCUT2D eigenvalue weighted by Gasteiger charge is -2.16. The number of anilines is 1. The van der Waals surface area contributed by atoms with Crippen LogP contribution < -0.4 is 5.32 Å². The molecule has 4 rings (SSSR count). The Morgan fingerprint density at radius 1 is 1.36 bits per heavy atom. The first-order chi connectivity index (χ1) is 10.6. The van der Waals surface area contributed by atoms with Crippen LogP contribution in [0.3, 0.4) is 0 Å². The lowest BCUT2D eigenvalue weighted by molar-refractivity contribution is -0.117. The second-order valence-corrected chi connectivity index (χ2v) is 6.80. The molecule has 2 aliphatic carbocycles. The third-order valence-electron chi connectivity index (χ3n) is 4.82. The predicted octanol–water partition coefficient (Wildman–Crippen LogP) is 2.88. The summed E-state index contributed by atoms with van der Waals surface area (Å²) in [6, 6.07) is 2.04. The number of pyridine rings is 1. The smallest absolute Gasteiger partial charge is 0.228 e. The van der Waals surface area contributed by atoms with Crippen molar-refractivity contribution in [3.8, 4) is 11.4 Å². The molecule has 2 saturated carbocycles. The molecule has 0 aromatic carbocycles. The zero-order valence-electron chi connectivity index (χ0n) is 13.0. The highest BCUT2D eigenvalue weighted by Gasteiger charge is 2.41. The number of rotatable bonds is 4. The number of aromatic nitrogens is 3. The average Bonchev–Trinajstić information content (AvgIpc) is 3.41. The number of hydrogen-bond donors (Lipinski definition) is 1. The number of amides is 1. The first-order valence-electron chi connectivity index (χ1n) is 7.86. The molecule has 1 amide bonds. The van der Waals surface area contributed by atoms with Gasteiger partial charge >= 0.3 is 0 Å². The van der Waals surface area contributed by atoms with E-state index in [9.17, 15) is 4.79 Å². The van der Waals surface area contributed by atoms with Gasteiger partial charge in [-0.2, -0.15) is 0 Å². The van der Waals surface area contributed by atoms with E-state index in [1.54, 1.807) is 6.20 Å². The van der Waals surface area contributed by atoms with Crippen molar-refractivity contribution in [2.75, 3.05) is 5.32 Å². The molecule has 2 aliphatic rings. The van der Waals surface area contributed by atoms with Gasteiger partial charge in [0.05, 0.1) is 0 Å². The van der Waals surface area contributed by atoms with Gasteiger partial charge < -0.3 is 9.88 Å². The van der Waals surface area contributed by atoms with Crippen LogP contribution in [0.1, 0.15) is 38.2 Å². The number of carbonyl (C=O) groups is 1. The van der Waals surface area contributed by atoms with Crippen LogP contribution in [-0.4, -0.2) is 20.4 Å². The van der Waals surface area contributed by atoms with E-state index in [4.69, 9.17) is 0 Å². The summed E-state index contributed by atoms with van der Waals surface area (Å²) >= 11 is 0. The molecule has 22 heavy (non-hydrogen) atoms. The molecule has 5 nitrogen and oxygen atoms in total. The van der Waals surface area contributed by atoms with Gasteiger partial charge in [-0.1, -0.05) is 6.92 Å². The predicted molar refractivity (Wildman–Crippen MR) is 84.4 cm³/mol. The molecule has 0 atom stereocenters. The van der Waals surface area contributed by atoms with Crippen molar-refractivity contribution in [3.63, 3.8) is 0 Å². The number of carbonyl (C=O) groups excluding carboxylic acids is 1. The van der Waals surface area contributed by atoms with Crippen LogP contribution >= 0.6 is 0 Å². The first kappa shape index (κ1) is 13.5. The molecular weight excluding hydrogens is 276 g/mol. The van der Waals surface area contributed by atoms with Crippen molar-refractivity contribution in [2.24, 2.45) is 13.0 Å². The van der Waals surface area contributed by atoms with E-state index in [1.165, 1.54) is 18.4 Å². The summed E-state index contributed by atoms with van der Waals surface area (Å²) in [7, 11) is 1.99. The SMILES string of the molecule is Cn1ccnc1-c1cnc(NC(=O)C2CC2)cc1C1(C)CC1. The highest BCUT2D eigenvalue weighted by molar-refractivity contribution is 5.93. The van der Waals surface area contributed by atoms with Gasteiger partial charge in [0.2, 0.25) is 5.91 Å². The molecule has 2 heterocycles.